The molecule has 6 nitrogen and oxygen atoms in total. The smallest absolute Gasteiger partial charge is 0.254 e. The zero-order valence-corrected chi connectivity index (χ0v) is 16.3. The van der Waals surface area contributed by atoms with Crippen LogP contribution in [0.25, 0.3) is 16.5 Å². The van der Waals surface area contributed by atoms with Gasteiger partial charge >= 0.3 is 0 Å². The van der Waals surface area contributed by atoms with Gasteiger partial charge in [-0.15, -0.1) is 11.3 Å². The third-order valence-corrected chi connectivity index (χ3v) is 5.04. The molecule has 0 bridgehead atoms. The third-order valence-electron chi connectivity index (χ3n) is 4.16. The van der Waals surface area contributed by atoms with Crippen LogP contribution >= 0.6 is 11.3 Å². The van der Waals surface area contributed by atoms with Crippen molar-refractivity contribution in [1.29, 1.82) is 0 Å². The minimum Gasteiger partial charge on any atom is -0.352 e. The Morgan fingerprint density at radius 1 is 1.31 bits per heavy atom. The van der Waals surface area contributed by atoms with E-state index in [1.165, 1.54) is 0 Å². The number of carbonyl (C=O) groups is 1. The molecular weight excluding hydrogens is 346 g/mol. The van der Waals surface area contributed by atoms with Gasteiger partial charge < -0.3 is 5.32 Å². The zero-order chi connectivity index (χ0) is 18.7. The lowest BCUT2D eigenvalue weighted by atomic mass is 10.1. The van der Waals surface area contributed by atoms with Crippen molar-refractivity contribution in [1.82, 2.24) is 25.1 Å². The molecule has 0 aromatic carbocycles. The summed E-state index contributed by atoms with van der Waals surface area (Å²) in [6.45, 7) is 8.77. The van der Waals surface area contributed by atoms with Gasteiger partial charge in [0.15, 0.2) is 0 Å². The molecule has 3 aromatic heterocycles. The summed E-state index contributed by atoms with van der Waals surface area (Å²) in [4.78, 5) is 22.6. The second-order valence-electron chi connectivity index (χ2n) is 6.67. The lowest BCUT2D eigenvalue weighted by Gasteiger charge is -2.08. The average molecular weight is 369 g/mol. The Hall–Kier alpha value is -2.54. The molecule has 0 fully saturated rings. The average Bonchev–Trinajstić information content (AvgIpc) is 3.25. The molecule has 136 valence electrons. The summed E-state index contributed by atoms with van der Waals surface area (Å²) in [5, 5.41) is 9.31. The van der Waals surface area contributed by atoms with Gasteiger partial charge in [0.2, 0.25) is 0 Å². The number of aromatic nitrogens is 4. The van der Waals surface area contributed by atoms with Crippen LogP contribution in [-0.2, 0) is 0 Å². The number of hydrogen-bond donors (Lipinski definition) is 1. The summed E-state index contributed by atoms with van der Waals surface area (Å²) in [5.74, 6) is 0.911. The van der Waals surface area contributed by atoms with Gasteiger partial charge in [-0.05, 0) is 43.2 Å². The van der Waals surface area contributed by atoms with Crippen LogP contribution in [0.5, 0.6) is 0 Å². The quantitative estimate of drug-likeness (QED) is 0.718. The first-order valence-electron chi connectivity index (χ1n) is 8.68. The second kappa shape index (κ2) is 7.78. The Kier molecular flexibility index (Phi) is 5.46. The lowest BCUT2D eigenvalue weighted by Crippen LogP contribution is -2.25. The van der Waals surface area contributed by atoms with E-state index in [2.05, 4.69) is 34.2 Å². The molecule has 3 rings (SSSR count). The SMILES string of the molecule is Cc1cnc(-n2ncc(C(=O)NCCC(C)C)c2C)nc1-c1cccs1. The Balaban J connectivity index is 1.86. The maximum Gasteiger partial charge on any atom is 0.254 e. The van der Waals surface area contributed by atoms with Gasteiger partial charge in [-0.1, -0.05) is 19.9 Å². The van der Waals surface area contributed by atoms with Crippen LogP contribution in [-0.4, -0.2) is 32.2 Å². The van der Waals surface area contributed by atoms with Gasteiger partial charge in [0.05, 0.1) is 28.0 Å². The number of aryl methyl sites for hydroxylation is 1. The summed E-state index contributed by atoms with van der Waals surface area (Å²) in [7, 11) is 0. The van der Waals surface area contributed by atoms with E-state index in [4.69, 9.17) is 0 Å². The predicted octanol–water partition coefficient (Wildman–Crippen LogP) is 3.78. The van der Waals surface area contributed by atoms with Gasteiger partial charge in [-0.2, -0.15) is 5.10 Å². The van der Waals surface area contributed by atoms with Crippen molar-refractivity contribution in [2.45, 2.75) is 34.1 Å². The Labute approximate surface area is 157 Å². The predicted molar refractivity (Wildman–Crippen MR) is 104 cm³/mol. The van der Waals surface area contributed by atoms with Crippen molar-refractivity contribution in [3.63, 3.8) is 0 Å². The van der Waals surface area contributed by atoms with E-state index < -0.39 is 0 Å². The highest BCUT2D eigenvalue weighted by Gasteiger charge is 2.17. The van der Waals surface area contributed by atoms with Crippen molar-refractivity contribution in [2.75, 3.05) is 6.54 Å². The largest absolute Gasteiger partial charge is 0.352 e. The Morgan fingerprint density at radius 2 is 2.12 bits per heavy atom. The van der Waals surface area contributed by atoms with E-state index in [1.54, 1.807) is 28.4 Å². The highest BCUT2D eigenvalue weighted by Crippen LogP contribution is 2.26. The summed E-state index contributed by atoms with van der Waals surface area (Å²) < 4.78 is 1.62. The van der Waals surface area contributed by atoms with Crippen LogP contribution in [0.3, 0.4) is 0 Å². The van der Waals surface area contributed by atoms with Crippen LogP contribution < -0.4 is 5.32 Å². The topological polar surface area (TPSA) is 72.7 Å². The molecule has 26 heavy (non-hydrogen) atoms. The van der Waals surface area contributed by atoms with Crippen molar-refractivity contribution < 1.29 is 4.79 Å². The molecule has 0 atom stereocenters. The summed E-state index contributed by atoms with van der Waals surface area (Å²) in [5.41, 5.74) is 3.18. The van der Waals surface area contributed by atoms with Crippen molar-refractivity contribution in [3.05, 3.63) is 46.7 Å². The van der Waals surface area contributed by atoms with Crippen LogP contribution in [0.15, 0.2) is 29.9 Å². The molecule has 0 saturated heterocycles. The number of nitrogens with one attached hydrogen (secondary N) is 1. The third kappa shape index (κ3) is 3.83. The van der Waals surface area contributed by atoms with E-state index in [1.807, 2.05) is 31.4 Å². The molecule has 3 aromatic rings. The first-order valence-corrected chi connectivity index (χ1v) is 9.56. The second-order valence-corrected chi connectivity index (χ2v) is 7.62. The molecule has 0 unspecified atom stereocenters. The fourth-order valence-corrected chi connectivity index (χ4v) is 3.38. The van der Waals surface area contributed by atoms with Gasteiger partial charge in [0, 0.05) is 12.7 Å². The zero-order valence-electron chi connectivity index (χ0n) is 15.5. The van der Waals surface area contributed by atoms with E-state index in [-0.39, 0.29) is 5.91 Å². The van der Waals surface area contributed by atoms with Gasteiger partial charge in [0.25, 0.3) is 11.9 Å². The monoisotopic (exact) mass is 369 g/mol. The van der Waals surface area contributed by atoms with E-state index in [9.17, 15) is 4.79 Å². The van der Waals surface area contributed by atoms with Gasteiger partial charge in [-0.25, -0.2) is 14.6 Å². The molecule has 0 radical (unpaired) electrons. The number of thiophene rings is 1. The van der Waals surface area contributed by atoms with Crippen LogP contribution in [0, 0.1) is 19.8 Å². The summed E-state index contributed by atoms with van der Waals surface area (Å²) >= 11 is 1.64. The fraction of sp³-hybridized carbons (Fsp3) is 0.368. The molecule has 0 aliphatic rings. The minimum absolute atomic E-state index is 0.111. The molecule has 3 heterocycles. The highest BCUT2D eigenvalue weighted by molar-refractivity contribution is 7.13. The number of carbonyl (C=O) groups excluding carboxylic acids is 1. The molecule has 0 aliphatic heterocycles. The Morgan fingerprint density at radius 3 is 2.81 bits per heavy atom. The van der Waals surface area contributed by atoms with E-state index in [0.717, 1.165) is 28.2 Å². The first-order chi connectivity index (χ1) is 12.5. The van der Waals surface area contributed by atoms with Gasteiger partial charge in [0.1, 0.15) is 0 Å². The standard InChI is InChI=1S/C19H23N5OS/c1-12(2)7-8-20-18(25)15-11-22-24(14(15)4)19-21-10-13(3)17(23-19)16-6-5-9-26-16/h5-6,9-12H,7-8H2,1-4H3,(H,20,25). The molecule has 0 aliphatic carbocycles. The van der Waals surface area contributed by atoms with E-state index >= 15 is 0 Å². The first kappa shape index (κ1) is 18.3. The van der Waals surface area contributed by atoms with Gasteiger partial charge in [-0.3, -0.25) is 4.79 Å². The number of rotatable bonds is 6. The number of amides is 1. The minimum atomic E-state index is -0.111. The normalized spacial score (nSPS) is 11.1. The van der Waals surface area contributed by atoms with Crippen LogP contribution in [0.4, 0.5) is 0 Å². The number of nitrogens with zero attached hydrogens (tertiary/aromatic N) is 4. The molecule has 1 N–H and O–H groups in total. The summed E-state index contributed by atoms with van der Waals surface area (Å²) in [6, 6.07) is 4.04. The molecule has 0 spiro atoms. The lowest BCUT2D eigenvalue weighted by molar-refractivity contribution is 0.0951. The van der Waals surface area contributed by atoms with E-state index in [0.29, 0.717) is 24.0 Å². The Bertz CT molecular complexity index is 899. The van der Waals surface area contributed by atoms with Crippen LogP contribution in [0.1, 0.15) is 41.9 Å². The number of hydrogen-bond acceptors (Lipinski definition) is 5. The van der Waals surface area contributed by atoms with Crippen molar-refractivity contribution in [3.8, 4) is 16.5 Å². The highest BCUT2D eigenvalue weighted by atomic mass is 32.1. The fourth-order valence-electron chi connectivity index (χ4n) is 2.60. The molecular formula is C19H23N5OS. The van der Waals surface area contributed by atoms with Crippen molar-refractivity contribution in [2.24, 2.45) is 5.92 Å². The molecule has 7 heteroatoms. The maximum absolute atomic E-state index is 12.4. The maximum atomic E-state index is 12.4. The van der Waals surface area contributed by atoms with Crippen LogP contribution in [0.2, 0.25) is 0 Å². The summed E-state index contributed by atoms with van der Waals surface area (Å²) in [6.07, 6.45) is 4.32. The van der Waals surface area contributed by atoms with Crippen molar-refractivity contribution >= 4 is 17.2 Å². The molecule has 1 amide bonds. The molecule has 0 saturated carbocycles.